The van der Waals surface area contributed by atoms with Crippen molar-refractivity contribution in [3.05, 3.63) is 24.3 Å². The number of hydrogen-bond acceptors (Lipinski definition) is 3. The Labute approximate surface area is 132 Å². The molecule has 3 atom stereocenters. The summed E-state index contributed by atoms with van der Waals surface area (Å²) in [5.41, 5.74) is 1.98. The number of benzene rings is 1. The largest absolute Gasteiger partial charge is 0.396 e. The molecule has 0 spiro atoms. The van der Waals surface area contributed by atoms with Gasteiger partial charge in [-0.05, 0) is 49.4 Å². The maximum Gasteiger partial charge on any atom is 0.319 e. The van der Waals surface area contributed by atoms with Crippen LogP contribution in [-0.4, -0.2) is 36.9 Å². The van der Waals surface area contributed by atoms with Crippen LogP contribution >= 0.6 is 0 Å². The van der Waals surface area contributed by atoms with Crippen LogP contribution in [0, 0.1) is 11.8 Å². The molecular formula is C17H27N3O2. The molecular weight excluding hydrogens is 278 g/mol. The molecule has 0 bridgehead atoms. The summed E-state index contributed by atoms with van der Waals surface area (Å²) in [6.07, 6.45) is 1.24. The maximum absolute atomic E-state index is 11.9. The summed E-state index contributed by atoms with van der Waals surface area (Å²) in [5.74, 6) is 0.781. The summed E-state index contributed by atoms with van der Waals surface area (Å²) in [4.78, 5) is 14.3. The molecule has 0 saturated carbocycles. The van der Waals surface area contributed by atoms with E-state index in [0.717, 1.165) is 24.7 Å². The van der Waals surface area contributed by atoms with E-state index in [1.165, 1.54) is 12.1 Å². The molecule has 1 aliphatic heterocycles. The first-order chi connectivity index (χ1) is 10.5. The molecule has 1 aliphatic rings. The van der Waals surface area contributed by atoms with E-state index < -0.39 is 0 Å². The Morgan fingerprint density at radius 2 is 2.05 bits per heavy atom. The highest BCUT2D eigenvalue weighted by Crippen LogP contribution is 2.24. The number of urea groups is 1. The number of amides is 2. The van der Waals surface area contributed by atoms with Crippen molar-refractivity contribution in [3.8, 4) is 0 Å². The van der Waals surface area contributed by atoms with Crippen LogP contribution < -0.4 is 15.5 Å². The number of carbonyl (C=O) groups excluding carboxylic acids is 1. The molecule has 1 saturated heterocycles. The number of aliphatic hydroxyl groups excluding tert-OH is 1. The first-order valence-electron chi connectivity index (χ1n) is 8.03. The number of anilines is 2. The second-order valence-electron chi connectivity index (χ2n) is 6.43. The number of hydrogen-bond donors (Lipinski definition) is 3. The second-order valence-corrected chi connectivity index (χ2v) is 6.43. The van der Waals surface area contributed by atoms with E-state index in [4.69, 9.17) is 5.11 Å². The summed E-state index contributed by atoms with van der Waals surface area (Å²) in [7, 11) is 0. The molecule has 0 aromatic heterocycles. The lowest BCUT2D eigenvalue weighted by Crippen LogP contribution is -2.40. The van der Waals surface area contributed by atoms with Crippen LogP contribution in [0.4, 0.5) is 16.2 Å². The highest BCUT2D eigenvalue weighted by atomic mass is 16.3. The molecule has 0 unspecified atom stereocenters. The zero-order valence-electron chi connectivity index (χ0n) is 13.7. The molecule has 2 rings (SSSR count). The van der Waals surface area contributed by atoms with E-state index >= 15 is 0 Å². The van der Waals surface area contributed by atoms with E-state index in [1.54, 1.807) is 0 Å². The fourth-order valence-electron chi connectivity index (χ4n) is 2.60. The van der Waals surface area contributed by atoms with Gasteiger partial charge in [-0.2, -0.15) is 0 Å². The third-order valence-corrected chi connectivity index (χ3v) is 4.41. The average Bonchev–Trinajstić information content (AvgIpc) is 2.93. The molecule has 5 nitrogen and oxygen atoms in total. The van der Waals surface area contributed by atoms with Crippen LogP contribution in [0.1, 0.15) is 27.2 Å². The molecule has 2 amide bonds. The van der Waals surface area contributed by atoms with Gasteiger partial charge >= 0.3 is 6.03 Å². The van der Waals surface area contributed by atoms with Crippen molar-refractivity contribution >= 4 is 17.4 Å². The van der Waals surface area contributed by atoms with Gasteiger partial charge in [0.2, 0.25) is 0 Å². The molecule has 0 radical (unpaired) electrons. The molecule has 5 heteroatoms. The van der Waals surface area contributed by atoms with Gasteiger partial charge in [0.05, 0.1) is 0 Å². The van der Waals surface area contributed by atoms with Gasteiger partial charge in [-0.1, -0.05) is 13.8 Å². The Bertz CT molecular complexity index is 489. The highest BCUT2D eigenvalue weighted by molar-refractivity contribution is 5.89. The van der Waals surface area contributed by atoms with E-state index in [1.807, 2.05) is 38.1 Å². The normalized spacial score (nSPS) is 20.5. The number of rotatable bonds is 5. The first kappa shape index (κ1) is 16.6. The number of carbonyl (C=O) groups is 1. The van der Waals surface area contributed by atoms with E-state index in [9.17, 15) is 4.79 Å². The minimum absolute atomic E-state index is 0.0327. The highest BCUT2D eigenvalue weighted by Gasteiger charge is 2.19. The van der Waals surface area contributed by atoms with Gasteiger partial charge in [-0.15, -0.1) is 0 Å². The average molecular weight is 305 g/mol. The minimum Gasteiger partial charge on any atom is -0.396 e. The molecule has 1 heterocycles. The van der Waals surface area contributed by atoms with Crippen LogP contribution in [0.2, 0.25) is 0 Å². The fourth-order valence-corrected chi connectivity index (χ4v) is 2.60. The third-order valence-electron chi connectivity index (χ3n) is 4.41. The molecule has 1 aromatic carbocycles. The Morgan fingerprint density at radius 3 is 2.59 bits per heavy atom. The van der Waals surface area contributed by atoms with Crippen molar-refractivity contribution in [2.24, 2.45) is 11.8 Å². The van der Waals surface area contributed by atoms with E-state index in [0.29, 0.717) is 0 Å². The molecule has 1 fully saturated rings. The third kappa shape index (κ3) is 4.37. The fraction of sp³-hybridized carbons (Fsp3) is 0.588. The van der Waals surface area contributed by atoms with Gasteiger partial charge in [0.25, 0.3) is 0 Å². The van der Waals surface area contributed by atoms with Crippen LogP contribution in [-0.2, 0) is 0 Å². The van der Waals surface area contributed by atoms with Gasteiger partial charge in [-0.3, -0.25) is 0 Å². The van der Waals surface area contributed by atoms with Crippen molar-refractivity contribution in [2.75, 3.05) is 29.9 Å². The Hall–Kier alpha value is -1.75. The summed E-state index contributed by atoms with van der Waals surface area (Å²) in [6, 6.07) is 7.64. The van der Waals surface area contributed by atoms with Gasteiger partial charge < -0.3 is 20.6 Å². The van der Waals surface area contributed by atoms with Crippen molar-refractivity contribution in [1.29, 1.82) is 0 Å². The summed E-state index contributed by atoms with van der Waals surface area (Å²) in [5, 5.41) is 14.7. The van der Waals surface area contributed by atoms with Crippen LogP contribution in [0.5, 0.6) is 0 Å². The molecule has 122 valence electrons. The zero-order valence-corrected chi connectivity index (χ0v) is 13.7. The number of nitrogens with zero attached hydrogens (tertiary/aromatic N) is 1. The molecule has 1 aromatic rings. The molecule has 3 N–H and O–H groups in total. The Kier molecular flexibility index (Phi) is 5.66. The topological polar surface area (TPSA) is 64.6 Å². The Balaban J connectivity index is 1.87. The molecule has 22 heavy (non-hydrogen) atoms. The quantitative estimate of drug-likeness (QED) is 0.783. The first-order valence-corrected chi connectivity index (χ1v) is 8.03. The van der Waals surface area contributed by atoms with Gasteiger partial charge in [-0.25, -0.2) is 4.79 Å². The van der Waals surface area contributed by atoms with Crippen molar-refractivity contribution < 1.29 is 9.90 Å². The monoisotopic (exact) mass is 305 g/mol. The Morgan fingerprint density at radius 1 is 1.36 bits per heavy atom. The minimum atomic E-state index is -0.240. The van der Waals surface area contributed by atoms with Crippen molar-refractivity contribution in [2.45, 2.75) is 33.2 Å². The van der Waals surface area contributed by atoms with E-state index in [-0.39, 0.29) is 24.6 Å². The van der Waals surface area contributed by atoms with Gasteiger partial charge in [0.15, 0.2) is 0 Å². The summed E-state index contributed by atoms with van der Waals surface area (Å²) in [6.45, 7) is 8.32. The van der Waals surface area contributed by atoms with Crippen LogP contribution in [0.25, 0.3) is 0 Å². The molecule has 0 aliphatic carbocycles. The zero-order chi connectivity index (χ0) is 16.1. The van der Waals surface area contributed by atoms with Crippen LogP contribution in [0.15, 0.2) is 24.3 Å². The van der Waals surface area contributed by atoms with Crippen LogP contribution in [0.3, 0.4) is 0 Å². The lowest BCUT2D eigenvalue weighted by molar-refractivity contribution is 0.204. The SMILES string of the molecule is C[C@@H]1CCN(c2ccc(NC(=O)N[C@H](C)[C@@H](C)CO)cc2)C1. The second kappa shape index (κ2) is 7.49. The van der Waals surface area contributed by atoms with E-state index in [2.05, 4.69) is 22.5 Å². The number of aliphatic hydroxyl groups is 1. The maximum atomic E-state index is 11.9. The van der Waals surface area contributed by atoms with Crippen molar-refractivity contribution in [1.82, 2.24) is 5.32 Å². The summed E-state index contributed by atoms with van der Waals surface area (Å²) < 4.78 is 0. The lowest BCUT2D eigenvalue weighted by Gasteiger charge is -2.20. The smallest absolute Gasteiger partial charge is 0.319 e. The van der Waals surface area contributed by atoms with Crippen molar-refractivity contribution in [3.63, 3.8) is 0 Å². The standard InChI is InChI=1S/C17H27N3O2/c1-12-8-9-20(10-12)16-6-4-15(5-7-16)19-17(22)18-14(3)13(2)11-21/h4-7,12-14,21H,8-11H2,1-3H3,(H2,18,19,22)/t12-,13+,14-/m1/s1. The summed E-state index contributed by atoms with van der Waals surface area (Å²) >= 11 is 0. The van der Waals surface area contributed by atoms with Gasteiger partial charge in [0, 0.05) is 37.1 Å². The lowest BCUT2D eigenvalue weighted by atomic mass is 10.1. The van der Waals surface area contributed by atoms with Gasteiger partial charge in [0.1, 0.15) is 0 Å². The predicted octanol–water partition coefficient (Wildman–Crippen LogP) is 2.67. The number of nitrogens with one attached hydrogen (secondary N) is 2. The predicted molar refractivity (Wildman–Crippen MR) is 90.3 cm³/mol.